The Labute approximate surface area is 188 Å². The van der Waals surface area contributed by atoms with Gasteiger partial charge in [0, 0.05) is 18.5 Å². The van der Waals surface area contributed by atoms with Crippen LogP contribution in [0.15, 0.2) is 59.8 Å². The summed E-state index contributed by atoms with van der Waals surface area (Å²) in [4.78, 5) is 16.8. The van der Waals surface area contributed by atoms with Crippen molar-refractivity contribution < 1.29 is 32.1 Å². The van der Waals surface area contributed by atoms with Crippen LogP contribution in [0.2, 0.25) is 0 Å². The number of carboxylic acid groups (broad SMARTS) is 1. The number of hydroxylamine groups is 1. The Morgan fingerprint density at radius 2 is 1.75 bits per heavy atom. The Kier molecular flexibility index (Phi) is 9.55. The molecule has 2 aromatic rings. The highest BCUT2D eigenvalue weighted by atomic mass is 32.2. The lowest BCUT2D eigenvalue weighted by Crippen LogP contribution is -2.18. The van der Waals surface area contributed by atoms with E-state index in [1.807, 2.05) is 25.1 Å². The first-order valence-electron chi connectivity index (χ1n) is 10.2. The normalized spacial score (nSPS) is 12.1. The van der Waals surface area contributed by atoms with Gasteiger partial charge in [-0.3, -0.25) is 10.3 Å². The number of aliphatic carboxylic acids is 1. The number of carbonyl (C=O) groups is 1. The summed E-state index contributed by atoms with van der Waals surface area (Å²) in [5, 5.41) is 9.50. The monoisotopic (exact) mass is 463 g/mol. The minimum Gasteiger partial charge on any atom is -0.493 e. The molecule has 0 spiro atoms. The van der Waals surface area contributed by atoms with Crippen molar-refractivity contribution in [1.82, 2.24) is 5.48 Å². The third-order valence-corrected chi connectivity index (χ3v) is 4.85. The van der Waals surface area contributed by atoms with Gasteiger partial charge in [0.2, 0.25) is 0 Å². The van der Waals surface area contributed by atoms with Crippen LogP contribution in [0.5, 0.6) is 11.5 Å². The van der Waals surface area contributed by atoms with Crippen LogP contribution in [0.3, 0.4) is 0 Å². The van der Waals surface area contributed by atoms with Crippen LogP contribution < -0.4 is 14.4 Å². The summed E-state index contributed by atoms with van der Waals surface area (Å²) in [6.45, 7) is 4.52. The van der Waals surface area contributed by atoms with Crippen molar-refractivity contribution >= 4 is 16.1 Å². The number of benzene rings is 2. The quantitative estimate of drug-likeness (QED) is 0.201. The summed E-state index contributed by atoms with van der Waals surface area (Å²) in [6, 6.07) is 14.0. The van der Waals surface area contributed by atoms with Gasteiger partial charge in [-0.2, -0.15) is 8.42 Å². The predicted molar refractivity (Wildman–Crippen MR) is 121 cm³/mol. The third-order valence-electron chi connectivity index (χ3n) is 4.35. The molecule has 9 heteroatoms. The highest BCUT2D eigenvalue weighted by molar-refractivity contribution is 7.86. The summed E-state index contributed by atoms with van der Waals surface area (Å²) >= 11 is 0. The van der Waals surface area contributed by atoms with Crippen molar-refractivity contribution in [3.05, 3.63) is 70.9 Å². The van der Waals surface area contributed by atoms with E-state index in [0.717, 1.165) is 23.8 Å². The van der Waals surface area contributed by atoms with Gasteiger partial charge < -0.3 is 14.0 Å². The molecule has 0 atom stereocenters. The summed E-state index contributed by atoms with van der Waals surface area (Å²) < 4.78 is 33.1. The zero-order valence-electron chi connectivity index (χ0n) is 18.5. The van der Waals surface area contributed by atoms with Crippen molar-refractivity contribution in [3.63, 3.8) is 0 Å². The van der Waals surface area contributed by atoms with Crippen LogP contribution in [0.1, 0.15) is 31.4 Å². The van der Waals surface area contributed by atoms with E-state index in [9.17, 15) is 18.3 Å². The van der Waals surface area contributed by atoms with Gasteiger partial charge in [0.05, 0.1) is 25.0 Å². The second-order valence-electron chi connectivity index (χ2n) is 7.21. The topological polar surface area (TPSA) is 111 Å². The number of hydrogen-bond donors (Lipinski definition) is 2. The molecule has 0 heterocycles. The molecule has 32 heavy (non-hydrogen) atoms. The van der Waals surface area contributed by atoms with Gasteiger partial charge in [-0.25, -0.2) is 4.79 Å². The van der Waals surface area contributed by atoms with Crippen molar-refractivity contribution in [2.24, 2.45) is 0 Å². The molecule has 0 bridgehead atoms. The van der Waals surface area contributed by atoms with Crippen molar-refractivity contribution in [2.45, 2.75) is 33.1 Å². The number of nitrogens with one attached hydrogen (secondary N) is 1. The van der Waals surface area contributed by atoms with Gasteiger partial charge in [0.1, 0.15) is 11.5 Å². The number of rotatable bonds is 13. The summed E-state index contributed by atoms with van der Waals surface area (Å²) in [5.74, 6) is -0.0849. The molecule has 0 unspecified atom stereocenters. The maximum atomic E-state index is 11.6. The molecule has 0 amide bonds. The molecule has 2 rings (SSSR count). The molecule has 174 valence electrons. The molecule has 0 aliphatic rings. The SMILES string of the molecule is CCCONC(C)=C(Cc1ccc(OCCc2cccc(OS(C)(=O)=O)c2)cc1)C(=O)O. The average molecular weight is 464 g/mol. The Morgan fingerprint density at radius 1 is 1.03 bits per heavy atom. The molecule has 0 aromatic heterocycles. The third kappa shape index (κ3) is 8.99. The van der Waals surface area contributed by atoms with Crippen molar-refractivity contribution in [2.75, 3.05) is 19.5 Å². The second-order valence-corrected chi connectivity index (χ2v) is 8.79. The van der Waals surface area contributed by atoms with Crippen LogP contribution in [0, 0.1) is 0 Å². The second kappa shape index (κ2) is 12.1. The fourth-order valence-electron chi connectivity index (χ4n) is 2.81. The molecule has 0 fully saturated rings. The summed E-state index contributed by atoms with van der Waals surface area (Å²) in [6.07, 6.45) is 2.64. The molecule has 0 saturated carbocycles. The average Bonchev–Trinajstić information content (AvgIpc) is 2.72. The molecule has 0 radical (unpaired) electrons. The van der Waals surface area contributed by atoms with E-state index in [-0.39, 0.29) is 17.7 Å². The van der Waals surface area contributed by atoms with E-state index in [1.165, 1.54) is 0 Å². The zero-order chi connectivity index (χ0) is 23.6. The highest BCUT2D eigenvalue weighted by Gasteiger charge is 2.13. The van der Waals surface area contributed by atoms with Crippen LogP contribution in [-0.4, -0.2) is 39.0 Å². The number of carboxylic acids is 1. The fourth-order valence-corrected chi connectivity index (χ4v) is 3.27. The van der Waals surface area contributed by atoms with Crippen molar-refractivity contribution in [1.29, 1.82) is 0 Å². The number of allylic oxidation sites excluding steroid dienone is 1. The molecule has 8 nitrogen and oxygen atoms in total. The molecule has 0 saturated heterocycles. The van der Waals surface area contributed by atoms with Crippen LogP contribution in [0.4, 0.5) is 0 Å². The van der Waals surface area contributed by atoms with Crippen LogP contribution in [-0.2, 0) is 32.6 Å². The molecular formula is C23H29NO7S. The largest absolute Gasteiger partial charge is 0.493 e. The van der Waals surface area contributed by atoms with Gasteiger partial charge in [0.25, 0.3) is 0 Å². The van der Waals surface area contributed by atoms with E-state index in [4.69, 9.17) is 13.8 Å². The van der Waals surface area contributed by atoms with Gasteiger partial charge in [0.15, 0.2) is 0 Å². The van der Waals surface area contributed by atoms with Gasteiger partial charge in [-0.1, -0.05) is 31.2 Å². The molecule has 2 N–H and O–H groups in total. The Hall–Kier alpha value is -3.04. The Bertz CT molecular complexity index is 1030. The standard InChI is InChI=1S/C23H29NO7S/c1-4-13-30-24-17(2)22(23(25)26)16-19-8-10-20(11-9-19)29-14-12-18-6-5-7-21(15-18)31-32(3,27)28/h5-11,15,24H,4,12-14,16H2,1-3H3,(H,25,26). The highest BCUT2D eigenvalue weighted by Crippen LogP contribution is 2.18. The van der Waals surface area contributed by atoms with E-state index < -0.39 is 16.1 Å². The first kappa shape index (κ1) is 25.2. The summed E-state index contributed by atoms with van der Waals surface area (Å²) in [5.41, 5.74) is 5.09. The Balaban J connectivity index is 1.92. The minimum absolute atomic E-state index is 0.228. The minimum atomic E-state index is -3.57. The van der Waals surface area contributed by atoms with Crippen LogP contribution >= 0.6 is 0 Å². The molecular weight excluding hydrogens is 434 g/mol. The van der Waals surface area contributed by atoms with E-state index in [2.05, 4.69) is 5.48 Å². The maximum Gasteiger partial charge on any atom is 0.333 e. The fraction of sp³-hybridized carbons (Fsp3) is 0.348. The predicted octanol–water partition coefficient (Wildman–Crippen LogP) is 3.48. The van der Waals surface area contributed by atoms with Crippen molar-refractivity contribution in [3.8, 4) is 11.5 Å². The summed E-state index contributed by atoms with van der Waals surface area (Å²) in [7, 11) is -3.57. The molecule has 2 aromatic carbocycles. The van der Waals surface area contributed by atoms with Gasteiger partial charge >= 0.3 is 16.1 Å². The Morgan fingerprint density at radius 3 is 2.38 bits per heavy atom. The van der Waals surface area contributed by atoms with Crippen LogP contribution in [0.25, 0.3) is 0 Å². The lowest BCUT2D eigenvalue weighted by Gasteiger charge is -2.12. The lowest BCUT2D eigenvalue weighted by atomic mass is 10.0. The lowest BCUT2D eigenvalue weighted by molar-refractivity contribution is -0.132. The molecule has 0 aliphatic heterocycles. The number of hydrogen-bond acceptors (Lipinski definition) is 7. The zero-order valence-corrected chi connectivity index (χ0v) is 19.3. The van der Waals surface area contributed by atoms with Gasteiger partial charge in [-0.05, 0) is 48.7 Å². The van der Waals surface area contributed by atoms with E-state index in [0.29, 0.717) is 31.1 Å². The van der Waals surface area contributed by atoms with Gasteiger partial charge in [-0.15, -0.1) is 0 Å². The first-order chi connectivity index (χ1) is 15.2. The van der Waals surface area contributed by atoms with E-state index >= 15 is 0 Å². The smallest absolute Gasteiger partial charge is 0.333 e. The maximum absolute atomic E-state index is 11.6. The van der Waals surface area contributed by atoms with E-state index in [1.54, 1.807) is 37.3 Å². The first-order valence-corrected chi connectivity index (χ1v) is 12.0. The number of ether oxygens (including phenoxy) is 1. The molecule has 0 aliphatic carbocycles.